The van der Waals surface area contributed by atoms with E-state index >= 15 is 0 Å². The minimum atomic E-state index is -0.914. The van der Waals surface area contributed by atoms with E-state index in [2.05, 4.69) is 4.98 Å². The Morgan fingerprint density at radius 1 is 1.62 bits per heavy atom. The number of pyridine rings is 1. The van der Waals surface area contributed by atoms with Crippen LogP contribution in [0.3, 0.4) is 0 Å². The zero-order valence-corrected chi connectivity index (χ0v) is 7.69. The minimum absolute atomic E-state index is 0.284. The molecule has 70 valence electrons. The van der Waals surface area contributed by atoms with Gasteiger partial charge < -0.3 is 10.0 Å². The molecule has 0 aliphatic carbocycles. The number of carbonyl (C=O) groups is 1. The SMILES string of the molecule is CN(C)Cc1cc(C(=O)O)ccn1. The Hall–Kier alpha value is -1.42. The fourth-order valence-corrected chi connectivity index (χ4v) is 1.02. The van der Waals surface area contributed by atoms with Gasteiger partial charge in [0.1, 0.15) is 0 Å². The van der Waals surface area contributed by atoms with E-state index < -0.39 is 5.97 Å². The van der Waals surface area contributed by atoms with Gasteiger partial charge in [-0.25, -0.2) is 4.79 Å². The Kier molecular flexibility index (Phi) is 2.97. The van der Waals surface area contributed by atoms with Crippen LogP contribution in [0.25, 0.3) is 0 Å². The first-order valence-corrected chi connectivity index (χ1v) is 3.92. The molecule has 0 bridgehead atoms. The molecule has 0 saturated heterocycles. The summed E-state index contributed by atoms with van der Waals surface area (Å²) in [7, 11) is 3.82. The van der Waals surface area contributed by atoms with Crippen LogP contribution in [0.1, 0.15) is 16.1 Å². The lowest BCUT2D eigenvalue weighted by Crippen LogP contribution is -2.12. The van der Waals surface area contributed by atoms with E-state index in [-0.39, 0.29) is 5.56 Å². The van der Waals surface area contributed by atoms with Crippen molar-refractivity contribution in [1.82, 2.24) is 9.88 Å². The van der Waals surface area contributed by atoms with Crippen molar-refractivity contribution in [3.05, 3.63) is 29.6 Å². The van der Waals surface area contributed by atoms with Crippen LogP contribution in [0.4, 0.5) is 0 Å². The molecule has 0 spiro atoms. The Bertz CT molecular complexity index is 310. The molecule has 0 aromatic carbocycles. The highest BCUT2D eigenvalue weighted by Gasteiger charge is 2.04. The van der Waals surface area contributed by atoms with E-state index in [1.54, 1.807) is 6.07 Å². The van der Waals surface area contributed by atoms with Crippen LogP contribution in [0.5, 0.6) is 0 Å². The standard InChI is InChI=1S/C9H12N2O2/c1-11(2)6-8-5-7(9(12)13)3-4-10-8/h3-5H,6H2,1-2H3,(H,12,13). The van der Waals surface area contributed by atoms with Crippen molar-refractivity contribution in [3.63, 3.8) is 0 Å². The van der Waals surface area contributed by atoms with Gasteiger partial charge in [-0.2, -0.15) is 0 Å². The molecule has 4 nitrogen and oxygen atoms in total. The summed E-state index contributed by atoms with van der Waals surface area (Å²) in [5.74, 6) is -0.914. The lowest BCUT2D eigenvalue weighted by molar-refractivity contribution is 0.0696. The first kappa shape index (κ1) is 9.67. The lowest BCUT2D eigenvalue weighted by Gasteiger charge is -2.08. The van der Waals surface area contributed by atoms with Crippen molar-refractivity contribution in [2.45, 2.75) is 6.54 Å². The quantitative estimate of drug-likeness (QED) is 0.749. The molecule has 4 heteroatoms. The average molecular weight is 180 g/mol. The number of rotatable bonds is 3. The van der Waals surface area contributed by atoms with Gasteiger partial charge in [0.05, 0.1) is 11.3 Å². The molecule has 0 fully saturated rings. The fraction of sp³-hybridized carbons (Fsp3) is 0.333. The van der Waals surface area contributed by atoms with Gasteiger partial charge in [-0.3, -0.25) is 4.98 Å². The summed E-state index contributed by atoms with van der Waals surface area (Å²) >= 11 is 0. The number of aromatic nitrogens is 1. The Morgan fingerprint density at radius 3 is 2.85 bits per heavy atom. The predicted molar refractivity (Wildman–Crippen MR) is 48.6 cm³/mol. The molecule has 0 aliphatic rings. The van der Waals surface area contributed by atoms with Gasteiger partial charge in [-0.15, -0.1) is 0 Å². The van der Waals surface area contributed by atoms with Crippen molar-refractivity contribution in [2.75, 3.05) is 14.1 Å². The van der Waals surface area contributed by atoms with E-state index in [1.165, 1.54) is 12.3 Å². The fourth-order valence-electron chi connectivity index (χ4n) is 1.02. The van der Waals surface area contributed by atoms with Crippen LogP contribution in [-0.2, 0) is 6.54 Å². The van der Waals surface area contributed by atoms with Gasteiger partial charge in [-0.05, 0) is 26.2 Å². The number of nitrogens with zero attached hydrogens (tertiary/aromatic N) is 2. The number of aromatic carboxylic acids is 1. The molecule has 1 rings (SSSR count). The van der Waals surface area contributed by atoms with Gasteiger partial charge in [-0.1, -0.05) is 0 Å². The molecule has 1 heterocycles. The molecule has 1 aromatic rings. The van der Waals surface area contributed by atoms with Gasteiger partial charge in [0.25, 0.3) is 0 Å². The normalized spacial score (nSPS) is 10.4. The van der Waals surface area contributed by atoms with Crippen molar-refractivity contribution < 1.29 is 9.90 Å². The van der Waals surface area contributed by atoms with Crippen molar-refractivity contribution in [3.8, 4) is 0 Å². The predicted octanol–water partition coefficient (Wildman–Crippen LogP) is 0.841. The third-order valence-corrected chi connectivity index (χ3v) is 1.54. The maximum atomic E-state index is 10.6. The van der Waals surface area contributed by atoms with Crippen LogP contribution >= 0.6 is 0 Å². The third kappa shape index (κ3) is 2.83. The molecule has 0 aliphatic heterocycles. The first-order valence-electron chi connectivity index (χ1n) is 3.92. The maximum absolute atomic E-state index is 10.6. The van der Waals surface area contributed by atoms with Gasteiger partial charge in [0.2, 0.25) is 0 Å². The van der Waals surface area contributed by atoms with E-state index in [9.17, 15) is 4.79 Å². The number of hydrogen-bond donors (Lipinski definition) is 1. The van der Waals surface area contributed by atoms with Crippen LogP contribution < -0.4 is 0 Å². The Labute approximate surface area is 76.8 Å². The molecule has 0 saturated carbocycles. The average Bonchev–Trinajstić information content (AvgIpc) is 2.03. The topological polar surface area (TPSA) is 53.4 Å². The largest absolute Gasteiger partial charge is 0.478 e. The van der Waals surface area contributed by atoms with E-state index in [0.29, 0.717) is 6.54 Å². The number of hydrogen-bond acceptors (Lipinski definition) is 3. The summed E-state index contributed by atoms with van der Waals surface area (Å²) in [6.07, 6.45) is 1.52. The summed E-state index contributed by atoms with van der Waals surface area (Å²) in [5, 5.41) is 8.70. The van der Waals surface area contributed by atoms with Crippen molar-refractivity contribution in [2.24, 2.45) is 0 Å². The van der Waals surface area contributed by atoms with Gasteiger partial charge >= 0.3 is 5.97 Å². The van der Waals surface area contributed by atoms with Crippen LogP contribution in [-0.4, -0.2) is 35.1 Å². The lowest BCUT2D eigenvalue weighted by atomic mass is 10.2. The molecular formula is C9H12N2O2. The summed E-state index contributed by atoms with van der Waals surface area (Å²) in [6, 6.07) is 3.07. The molecule has 0 unspecified atom stereocenters. The van der Waals surface area contributed by atoms with Crippen LogP contribution in [0, 0.1) is 0 Å². The molecule has 0 amide bonds. The summed E-state index contributed by atoms with van der Waals surface area (Å²) < 4.78 is 0. The van der Waals surface area contributed by atoms with Gasteiger partial charge in [0, 0.05) is 12.7 Å². The number of carboxylic acid groups (broad SMARTS) is 1. The zero-order chi connectivity index (χ0) is 9.84. The zero-order valence-electron chi connectivity index (χ0n) is 7.69. The molecule has 0 radical (unpaired) electrons. The van der Waals surface area contributed by atoms with Crippen molar-refractivity contribution >= 4 is 5.97 Å². The highest BCUT2D eigenvalue weighted by molar-refractivity contribution is 5.87. The monoisotopic (exact) mass is 180 g/mol. The summed E-state index contributed by atoms with van der Waals surface area (Å²) in [5.41, 5.74) is 1.05. The van der Waals surface area contributed by atoms with Crippen LogP contribution in [0.15, 0.2) is 18.3 Å². The highest BCUT2D eigenvalue weighted by atomic mass is 16.4. The Balaban J connectivity index is 2.85. The van der Waals surface area contributed by atoms with Gasteiger partial charge in [0.15, 0.2) is 0 Å². The summed E-state index contributed by atoms with van der Waals surface area (Å²) in [6.45, 7) is 0.654. The second-order valence-electron chi connectivity index (χ2n) is 3.08. The highest BCUT2D eigenvalue weighted by Crippen LogP contribution is 2.03. The third-order valence-electron chi connectivity index (χ3n) is 1.54. The van der Waals surface area contributed by atoms with Crippen molar-refractivity contribution in [1.29, 1.82) is 0 Å². The number of carboxylic acids is 1. The maximum Gasteiger partial charge on any atom is 0.335 e. The first-order chi connectivity index (χ1) is 6.09. The van der Waals surface area contributed by atoms with Crippen LogP contribution in [0.2, 0.25) is 0 Å². The molecule has 13 heavy (non-hydrogen) atoms. The minimum Gasteiger partial charge on any atom is -0.478 e. The Morgan fingerprint density at radius 2 is 2.31 bits per heavy atom. The van der Waals surface area contributed by atoms with E-state index in [0.717, 1.165) is 5.69 Å². The molecule has 0 atom stereocenters. The smallest absolute Gasteiger partial charge is 0.335 e. The van der Waals surface area contributed by atoms with E-state index in [4.69, 9.17) is 5.11 Å². The second kappa shape index (κ2) is 4.00. The molecular weight excluding hydrogens is 168 g/mol. The molecule has 1 N–H and O–H groups in total. The second-order valence-corrected chi connectivity index (χ2v) is 3.08. The molecule has 1 aromatic heterocycles. The summed E-state index contributed by atoms with van der Waals surface area (Å²) in [4.78, 5) is 16.6. The van der Waals surface area contributed by atoms with E-state index in [1.807, 2.05) is 19.0 Å².